The second kappa shape index (κ2) is 3.54. The first-order valence-corrected chi connectivity index (χ1v) is 5.77. The molecule has 14 heavy (non-hydrogen) atoms. The lowest BCUT2D eigenvalue weighted by molar-refractivity contribution is -0.123. The van der Waals surface area contributed by atoms with Gasteiger partial charge in [0.15, 0.2) is 0 Å². The molecular weight excluding hydrogens is 176 g/mol. The van der Waals surface area contributed by atoms with Gasteiger partial charge in [-0.1, -0.05) is 26.7 Å². The summed E-state index contributed by atoms with van der Waals surface area (Å²) in [6.07, 6.45) is 6.15. The first-order chi connectivity index (χ1) is 6.70. The van der Waals surface area contributed by atoms with Gasteiger partial charge in [0.1, 0.15) is 0 Å². The van der Waals surface area contributed by atoms with Gasteiger partial charge in [-0.3, -0.25) is 10.2 Å². The van der Waals surface area contributed by atoms with Crippen LogP contribution in [0.5, 0.6) is 0 Å². The molecule has 2 atom stereocenters. The number of hydrazine groups is 1. The predicted octanol–water partition coefficient (Wildman–Crippen LogP) is 1.60. The fourth-order valence-electron chi connectivity index (χ4n) is 2.90. The molecule has 2 aliphatic rings. The molecule has 3 heteroatoms. The summed E-state index contributed by atoms with van der Waals surface area (Å²) in [6, 6.07) is 0. The van der Waals surface area contributed by atoms with Crippen LogP contribution in [-0.4, -0.2) is 11.4 Å². The lowest BCUT2D eigenvalue weighted by Gasteiger charge is -2.44. The Morgan fingerprint density at radius 2 is 2.21 bits per heavy atom. The smallest absolute Gasteiger partial charge is 0.238 e. The first kappa shape index (κ1) is 9.97. The minimum absolute atomic E-state index is 0.0596. The summed E-state index contributed by atoms with van der Waals surface area (Å²) in [5.74, 6) is 1.01. The molecule has 1 aliphatic heterocycles. The van der Waals surface area contributed by atoms with E-state index in [1.807, 2.05) is 0 Å². The zero-order chi connectivity index (χ0) is 10.2. The maximum absolute atomic E-state index is 11.5. The van der Waals surface area contributed by atoms with Gasteiger partial charge in [0.2, 0.25) is 5.91 Å². The Bertz CT molecular complexity index is 237. The van der Waals surface area contributed by atoms with Crippen molar-refractivity contribution in [3.63, 3.8) is 0 Å². The van der Waals surface area contributed by atoms with Crippen LogP contribution in [0.2, 0.25) is 0 Å². The molecule has 0 spiro atoms. The Morgan fingerprint density at radius 1 is 1.50 bits per heavy atom. The van der Waals surface area contributed by atoms with Crippen LogP contribution < -0.4 is 10.9 Å². The molecule has 1 amide bonds. The van der Waals surface area contributed by atoms with Crippen molar-refractivity contribution in [3.05, 3.63) is 0 Å². The van der Waals surface area contributed by atoms with E-state index >= 15 is 0 Å². The van der Waals surface area contributed by atoms with Crippen LogP contribution in [0.4, 0.5) is 0 Å². The molecule has 2 N–H and O–H groups in total. The van der Waals surface area contributed by atoms with Gasteiger partial charge in [0, 0.05) is 0 Å². The van der Waals surface area contributed by atoms with Crippen molar-refractivity contribution >= 4 is 5.91 Å². The SMILES string of the molecule is CCCC1(C2CCC2)NNC(=O)C1C. The zero-order valence-electron chi connectivity index (χ0n) is 9.10. The molecule has 1 heterocycles. The van der Waals surface area contributed by atoms with Crippen LogP contribution in [0.15, 0.2) is 0 Å². The zero-order valence-corrected chi connectivity index (χ0v) is 9.10. The average molecular weight is 196 g/mol. The van der Waals surface area contributed by atoms with Gasteiger partial charge in [0.05, 0.1) is 11.5 Å². The van der Waals surface area contributed by atoms with Crippen LogP contribution in [0.25, 0.3) is 0 Å². The second-order valence-corrected chi connectivity index (χ2v) is 4.75. The van der Waals surface area contributed by atoms with Gasteiger partial charge in [-0.15, -0.1) is 0 Å². The maximum atomic E-state index is 11.5. The van der Waals surface area contributed by atoms with E-state index < -0.39 is 0 Å². The highest BCUT2D eigenvalue weighted by Gasteiger charge is 2.51. The predicted molar refractivity (Wildman–Crippen MR) is 55.4 cm³/mol. The van der Waals surface area contributed by atoms with Crippen molar-refractivity contribution in [3.8, 4) is 0 Å². The van der Waals surface area contributed by atoms with Crippen LogP contribution in [0, 0.1) is 11.8 Å². The van der Waals surface area contributed by atoms with Gasteiger partial charge in [-0.2, -0.15) is 0 Å². The van der Waals surface area contributed by atoms with Crippen molar-refractivity contribution in [1.82, 2.24) is 10.9 Å². The van der Waals surface area contributed by atoms with Crippen LogP contribution in [0.3, 0.4) is 0 Å². The minimum atomic E-state index is 0.0596. The third-order valence-electron chi connectivity index (χ3n) is 4.08. The molecule has 1 saturated carbocycles. The van der Waals surface area contributed by atoms with Crippen molar-refractivity contribution in [2.75, 3.05) is 0 Å². The fraction of sp³-hybridized carbons (Fsp3) is 0.909. The molecule has 0 aromatic heterocycles. The fourth-order valence-corrected chi connectivity index (χ4v) is 2.90. The van der Waals surface area contributed by atoms with Crippen LogP contribution in [-0.2, 0) is 4.79 Å². The molecule has 3 nitrogen and oxygen atoms in total. The summed E-state index contributed by atoms with van der Waals surface area (Å²) in [5, 5.41) is 0. The third kappa shape index (κ3) is 1.26. The van der Waals surface area contributed by atoms with Crippen molar-refractivity contribution in [1.29, 1.82) is 0 Å². The largest absolute Gasteiger partial charge is 0.291 e. The number of hydrogen-bond acceptors (Lipinski definition) is 2. The summed E-state index contributed by atoms with van der Waals surface area (Å²) in [5.41, 5.74) is 6.14. The monoisotopic (exact) mass is 196 g/mol. The normalized spacial score (nSPS) is 38.1. The molecule has 2 unspecified atom stereocenters. The van der Waals surface area contributed by atoms with E-state index in [1.54, 1.807) is 0 Å². The molecular formula is C11H20N2O. The summed E-state index contributed by atoms with van der Waals surface area (Å²) in [7, 11) is 0. The van der Waals surface area contributed by atoms with E-state index in [0.29, 0.717) is 5.92 Å². The minimum Gasteiger partial charge on any atom is -0.291 e. The molecule has 0 radical (unpaired) electrons. The standard InChI is InChI=1S/C11H20N2O/c1-3-7-11(9-5-4-6-9)8(2)10(14)12-13-11/h8-9,13H,3-7H2,1-2H3,(H,12,14). The Balaban J connectivity index is 2.16. The van der Waals surface area contributed by atoms with E-state index in [4.69, 9.17) is 0 Å². The maximum Gasteiger partial charge on any atom is 0.238 e. The number of rotatable bonds is 3. The van der Waals surface area contributed by atoms with Crippen molar-refractivity contribution < 1.29 is 4.79 Å². The van der Waals surface area contributed by atoms with Gasteiger partial charge < -0.3 is 0 Å². The Morgan fingerprint density at radius 3 is 2.57 bits per heavy atom. The molecule has 1 saturated heterocycles. The van der Waals surface area contributed by atoms with Crippen LogP contribution >= 0.6 is 0 Å². The number of carbonyl (C=O) groups is 1. The summed E-state index contributed by atoms with van der Waals surface area (Å²) in [6.45, 7) is 4.25. The van der Waals surface area contributed by atoms with E-state index in [9.17, 15) is 4.79 Å². The highest BCUT2D eigenvalue weighted by molar-refractivity contribution is 5.81. The second-order valence-electron chi connectivity index (χ2n) is 4.75. The summed E-state index contributed by atoms with van der Waals surface area (Å²) >= 11 is 0. The molecule has 2 fully saturated rings. The third-order valence-corrected chi connectivity index (χ3v) is 4.08. The van der Waals surface area contributed by atoms with E-state index in [1.165, 1.54) is 19.3 Å². The number of carbonyl (C=O) groups excluding carboxylic acids is 1. The van der Waals surface area contributed by atoms with Gasteiger partial charge in [-0.05, 0) is 25.2 Å². The van der Waals surface area contributed by atoms with Crippen molar-refractivity contribution in [2.45, 2.75) is 51.5 Å². The first-order valence-electron chi connectivity index (χ1n) is 5.77. The van der Waals surface area contributed by atoms with Crippen LogP contribution in [0.1, 0.15) is 46.0 Å². The topological polar surface area (TPSA) is 41.1 Å². The molecule has 80 valence electrons. The summed E-state index contributed by atoms with van der Waals surface area (Å²) in [4.78, 5) is 11.5. The number of hydrogen-bond donors (Lipinski definition) is 2. The van der Waals surface area contributed by atoms with Gasteiger partial charge >= 0.3 is 0 Å². The van der Waals surface area contributed by atoms with Gasteiger partial charge in [0.25, 0.3) is 0 Å². The lowest BCUT2D eigenvalue weighted by atomic mass is 9.64. The van der Waals surface area contributed by atoms with Crippen molar-refractivity contribution in [2.24, 2.45) is 11.8 Å². The number of amides is 1. The molecule has 1 aliphatic carbocycles. The highest BCUT2D eigenvalue weighted by atomic mass is 16.2. The lowest BCUT2D eigenvalue weighted by Crippen LogP contribution is -2.54. The molecule has 0 aromatic carbocycles. The highest BCUT2D eigenvalue weighted by Crippen LogP contribution is 2.44. The van der Waals surface area contributed by atoms with Gasteiger partial charge in [-0.25, -0.2) is 5.43 Å². The Kier molecular flexibility index (Phi) is 2.52. The summed E-state index contributed by atoms with van der Waals surface area (Å²) < 4.78 is 0. The molecule has 0 bridgehead atoms. The van der Waals surface area contributed by atoms with E-state index in [-0.39, 0.29) is 17.4 Å². The average Bonchev–Trinajstić information content (AvgIpc) is 2.32. The Hall–Kier alpha value is -0.570. The Labute approximate surface area is 85.6 Å². The number of nitrogens with one attached hydrogen (secondary N) is 2. The molecule has 0 aromatic rings. The molecule has 2 rings (SSSR count). The quantitative estimate of drug-likeness (QED) is 0.720. The van der Waals surface area contributed by atoms with E-state index in [0.717, 1.165) is 12.8 Å². The van der Waals surface area contributed by atoms with E-state index in [2.05, 4.69) is 24.7 Å².